The third-order valence-electron chi connectivity index (χ3n) is 11.8. The van der Waals surface area contributed by atoms with Crippen LogP contribution in [0.4, 0.5) is 0 Å². The van der Waals surface area contributed by atoms with Crippen molar-refractivity contribution in [2.24, 2.45) is 21.8 Å². The second kappa shape index (κ2) is 16.0. The number of hydrogen-bond acceptors (Lipinski definition) is 7. The van der Waals surface area contributed by atoms with Crippen LogP contribution in [0.5, 0.6) is 0 Å². The van der Waals surface area contributed by atoms with Gasteiger partial charge in [-0.05, 0) is 106 Å². The molecule has 0 amide bonds. The Morgan fingerprint density at radius 2 is 1.40 bits per heavy atom. The zero-order valence-electron chi connectivity index (χ0n) is 33.1. The molecule has 0 spiro atoms. The van der Waals surface area contributed by atoms with E-state index in [1.807, 2.05) is 61.7 Å². The summed E-state index contributed by atoms with van der Waals surface area (Å²) in [6.07, 6.45) is 1.93. The van der Waals surface area contributed by atoms with Gasteiger partial charge in [-0.25, -0.2) is 9.82 Å². The average Bonchev–Trinajstić information content (AvgIpc) is 3.54. The van der Waals surface area contributed by atoms with Crippen molar-refractivity contribution in [1.82, 2.24) is 14.4 Å². The van der Waals surface area contributed by atoms with Crippen molar-refractivity contribution in [3.63, 3.8) is 0 Å². The van der Waals surface area contributed by atoms with Crippen LogP contribution in [0.15, 0.2) is 142 Å². The third kappa shape index (κ3) is 7.91. The summed E-state index contributed by atoms with van der Waals surface area (Å²) in [6.45, 7) is 10.1. The highest BCUT2D eigenvalue weighted by molar-refractivity contribution is 7.89. The van der Waals surface area contributed by atoms with Crippen molar-refractivity contribution in [3.05, 3.63) is 155 Å². The lowest BCUT2D eigenvalue weighted by Gasteiger charge is -2.37. The van der Waals surface area contributed by atoms with Crippen molar-refractivity contribution < 1.29 is 21.4 Å². The SMILES string of the molecule is CC1(C)[C@@H]2CC[C@@]1(CS(=O)(=O)O)/C(=N/NS(=O)(=O)c1ccccc1)C2.Cc1cc(C)c(-n2c(C)nc3ccccc3c2=O)c(P(c2ccccc2)c2ccccc2)c1. The summed E-state index contributed by atoms with van der Waals surface area (Å²) < 4.78 is 59.1. The van der Waals surface area contributed by atoms with Crippen LogP contribution in [0.3, 0.4) is 0 Å². The minimum absolute atomic E-state index is 0.0256. The molecule has 10 nitrogen and oxygen atoms in total. The Morgan fingerprint density at radius 1 is 0.828 bits per heavy atom. The number of benzene rings is 5. The number of nitrogens with one attached hydrogen (secondary N) is 1. The number of rotatable bonds is 9. The lowest BCUT2D eigenvalue weighted by molar-refractivity contribution is 0.193. The first-order valence-corrected chi connectivity index (χ1v) is 23.6. The van der Waals surface area contributed by atoms with Gasteiger partial charge in [-0.2, -0.15) is 21.9 Å². The number of hydrogen-bond donors (Lipinski definition) is 2. The van der Waals surface area contributed by atoms with Crippen molar-refractivity contribution in [3.8, 4) is 5.69 Å². The molecule has 6 aromatic rings. The summed E-state index contributed by atoms with van der Waals surface area (Å²) in [5.41, 5.74) is 3.20. The molecular formula is C45H47N4O6PS2. The maximum Gasteiger partial charge on any atom is 0.276 e. The Labute approximate surface area is 341 Å². The number of aryl methyl sites for hydroxylation is 3. The summed E-state index contributed by atoms with van der Waals surface area (Å²) in [6, 6.07) is 41.0. The standard InChI is InChI=1S/C29H25N2OP.C16H22N2O5S2/c1-20-18-21(2)28(31-22(3)30-26-17-11-10-16-25(26)29(31)32)27(19-20)33(23-12-6-4-7-13-23)24-14-8-5-9-15-24;1-15(2)12-8-9-16(15,11-24(19,20)21)14(10-12)17-18-25(22,23)13-6-4-3-5-7-13/h4-19H,1-3H3;3-7,12,18H,8-11H2,1-2H3,(H,19,20,21)/b;17-14+/t;12-,16-/m.1/s1. The molecule has 2 aliphatic carbocycles. The molecule has 5 aromatic carbocycles. The summed E-state index contributed by atoms with van der Waals surface area (Å²) >= 11 is 0. The van der Waals surface area contributed by atoms with E-state index in [9.17, 15) is 26.2 Å². The fourth-order valence-electron chi connectivity index (χ4n) is 8.86. The molecule has 2 saturated carbocycles. The van der Waals surface area contributed by atoms with E-state index in [0.717, 1.165) is 23.2 Å². The highest BCUT2D eigenvalue weighted by Gasteiger charge is 2.64. The smallest absolute Gasteiger partial charge is 0.276 e. The van der Waals surface area contributed by atoms with Crippen molar-refractivity contribution in [2.45, 2.75) is 58.8 Å². The molecule has 2 N–H and O–H groups in total. The van der Waals surface area contributed by atoms with E-state index >= 15 is 0 Å². The average molecular weight is 835 g/mol. The first-order chi connectivity index (χ1) is 27.5. The molecule has 58 heavy (non-hydrogen) atoms. The fraction of sp³-hybridized carbons (Fsp3) is 0.267. The van der Waals surface area contributed by atoms with Gasteiger partial charge in [0, 0.05) is 16.4 Å². The van der Waals surface area contributed by atoms with Crippen molar-refractivity contribution in [1.29, 1.82) is 0 Å². The predicted molar refractivity (Wildman–Crippen MR) is 234 cm³/mol. The van der Waals surface area contributed by atoms with Crippen LogP contribution in [0.25, 0.3) is 16.6 Å². The summed E-state index contributed by atoms with van der Waals surface area (Å²) in [5, 5.41) is 8.42. The lowest BCUT2D eigenvalue weighted by atomic mass is 9.70. The van der Waals surface area contributed by atoms with E-state index in [1.54, 1.807) is 18.2 Å². The molecule has 13 heteroatoms. The zero-order chi connectivity index (χ0) is 41.5. The largest absolute Gasteiger partial charge is 0.286 e. The molecule has 2 aliphatic rings. The predicted octanol–water partition coefficient (Wildman–Crippen LogP) is 7.10. The van der Waals surface area contributed by atoms with Gasteiger partial charge in [0.25, 0.3) is 25.7 Å². The minimum atomic E-state index is -4.22. The van der Waals surface area contributed by atoms with Gasteiger partial charge in [0.05, 0.1) is 27.2 Å². The first-order valence-electron chi connectivity index (χ1n) is 19.1. The van der Waals surface area contributed by atoms with Gasteiger partial charge >= 0.3 is 0 Å². The van der Waals surface area contributed by atoms with Gasteiger partial charge < -0.3 is 0 Å². The number of hydrazone groups is 1. The highest BCUT2D eigenvalue weighted by Crippen LogP contribution is 2.64. The summed E-state index contributed by atoms with van der Waals surface area (Å²) in [5.74, 6) is 0.479. The monoisotopic (exact) mass is 834 g/mol. The molecule has 1 aromatic heterocycles. The Kier molecular flexibility index (Phi) is 11.3. The Balaban J connectivity index is 0.000000184. The molecule has 0 aliphatic heterocycles. The van der Waals surface area contributed by atoms with Crippen molar-refractivity contribution >= 4 is 60.6 Å². The van der Waals surface area contributed by atoms with Gasteiger partial charge in [0.1, 0.15) is 5.82 Å². The molecule has 0 unspecified atom stereocenters. The quantitative estimate of drug-likeness (QED) is 0.0897. The van der Waals surface area contributed by atoms with Crippen LogP contribution in [0.1, 0.15) is 50.1 Å². The Hall–Kier alpha value is -5.00. The van der Waals surface area contributed by atoms with E-state index in [-0.39, 0.29) is 21.8 Å². The topological polar surface area (TPSA) is 148 Å². The number of nitrogens with zero attached hydrogens (tertiary/aromatic N) is 3. The Bertz CT molecular complexity index is 2760. The van der Waals surface area contributed by atoms with Gasteiger partial charge in [0.2, 0.25) is 0 Å². The van der Waals surface area contributed by atoms with E-state index in [1.165, 1.54) is 33.6 Å². The lowest BCUT2D eigenvalue weighted by Crippen LogP contribution is -2.43. The molecule has 2 fully saturated rings. The highest BCUT2D eigenvalue weighted by atomic mass is 32.2. The maximum atomic E-state index is 13.8. The van der Waals surface area contributed by atoms with Gasteiger partial charge in [-0.3, -0.25) is 13.9 Å². The number of fused-ring (bicyclic) bond motifs is 3. The maximum absolute atomic E-state index is 13.8. The van der Waals surface area contributed by atoms with Crippen LogP contribution in [-0.2, 0) is 20.1 Å². The molecule has 0 radical (unpaired) electrons. The first kappa shape index (κ1) is 41.2. The molecule has 0 saturated heterocycles. The number of aromatic nitrogens is 2. The molecular weight excluding hydrogens is 788 g/mol. The van der Waals surface area contributed by atoms with E-state index in [4.69, 9.17) is 4.98 Å². The van der Waals surface area contributed by atoms with E-state index in [0.29, 0.717) is 29.8 Å². The number of sulfonamides is 1. The van der Waals surface area contributed by atoms with Crippen LogP contribution in [-0.4, -0.2) is 42.4 Å². The second-order valence-electron chi connectivity index (χ2n) is 15.7. The minimum Gasteiger partial charge on any atom is -0.286 e. The summed E-state index contributed by atoms with van der Waals surface area (Å²) in [4.78, 5) is 20.9. The third-order valence-corrected chi connectivity index (χ3v) is 16.3. The molecule has 8 rings (SSSR count). The molecule has 1 heterocycles. The van der Waals surface area contributed by atoms with E-state index in [2.05, 4.69) is 84.4 Å². The molecule has 2 atom stereocenters. The second-order valence-corrected chi connectivity index (χ2v) is 21.0. The van der Waals surface area contributed by atoms with Crippen LogP contribution < -0.4 is 26.3 Å². The van der Waals surface area contributed by atoms with Gasteiger partial charge in [0.15, 0.2) is 0 Å². The summed E-state index contributed by atoms with van der Waals surface area (Å²) in [7, 11) is -8.92. The van der Waals surface area contributed by atoms with Crippen LogP contribution in [0, 0.1) is 37.5 Å². The van der Waals surface area contributed by atoms with Crippen LogP contribution >= 0.6 is 7.92 Å². The normalized spacial score (nSPS) is 19.3. The van der Waals surface area contributed by atoms with Gasteiger partial charge in [-0.1, -0.05) is 116 Å². The molecule has 2 bridgehead atoms. The van der Waals surface area contributed by atoms with E-state index < -0.39 is 39.2 Å². The Morgan fingerprint density at radius 3 is 1.98 bits per heavy atom. The fourth-order valence-corrected chi connectivity index (χ4v) is 13.6. The molecule has 300 valence electrons. The van der Waals surface area contributed by atoms with Crippen molar-refractivity contribution in [2.75, 3.05) is 5.75 Å². The number of para-hydroxylation sites is 1. The zero-order valence-corrected chi connectivity index (χ0v) is 35.7. The van der Waals surface area contributed by atoms with Crippen LogP contribution in [0.2, 0.25) is 0 Å². The van der Waals surface area contributed by atoms with Gasteiger partial charge in [-0.15, -0.1) is 0 Å².